The minimum absolute atomic E-state index is 0.185. The Morgan fingerprint density at radius 2 is 1.03 bits per heavy atom. The zero-order valence-electron chi connectivity index (χ0n) is 17.9. The highest BCUT2D eigenvalue weighted by Crippen LogP contribution is 2.11. The van der Waals surface area contributed by atoms with E-state index in [4.69, 9.17) is 0 Å². The molecule has 0 aliphatic heterocycles. The van der Waals surface area contributed by atoms with E-state index in [0.717, 1.165) is 36.4 Å². The zero-order valence-corrected chi connectivity index (χ0v) is 19.5. The number of amides is 4. The van der Waals surface area contributed by atoms with Crippen molar-refractivity contribution in [3.05, 3.63) is 60.2 Å². The van der Waals surface area contributed by atoms with E-state index in [1.165, 1.54) is 12.1 Å². The van der Waals surface area contributed by atoms with Crippen LogP contribution < -0.4 is 20.1 Å². The number of halogens is 2. The standard InChI is InChI=1S/C20H24F2N4O6S2/c21-15-7-5-9-17(13-15)33(29,30)25-19(27)23-11-3-1-2-4-12-24-20(28)26-34(31,32)18-10-6-8-16(22)14-18/h5-10,13-14H,1-4,11-12H2,(H2,23,25,27)(H2,24,26,28). The number of carbonyl (C=O) groups excluding carboxylic acids is 2. The van der Waals surface area contributed by atoms with Gasteiger partial charge in [-0.1, -0.05) is 25.0 Å². The second-order valence-electron chi connectivity index (χ2n) is 7.05. The molecule has 0 aromatic heterocycles. The number of sulfonamides is 2. The summed E-state index contributed by atoms with van der Waals surface area (Å²) >= 11 is 0. The Kier molecular flexibility index (Phi) is 9.74. The molecule has 10 nitrogen and oxygen atoms in total. The number of hydrogen-bond donors (Lipinski definition) is 4. The summed E-state index contributed by atoms with van der Waals surface area (Å²) in [6.45, 7) is 0.370. The third-order valence-corrected chi connectivity index (χ3v) is 7.00. The lowest BCUT2D eigenvalue weighted by Crippen LogP contribution is -2.40. The van der Waals surface area contributed by atoms with E-state index < -0.39 is 43.7 Å². The first-order valence-corrected chi connectivity index (χ1v) is 13.1. The van der Waals surface area contributed by atoms with Gasteiger partial charge in [0.2, 0.25) is 0 Å². The summed E-state index contributed by atoms with van der Waals surface area (Å²) in [6.07, 6.45) is 2.32. The van der Waals surface area contributed by atoms with Crippen LogP contribution in [0.1, 0.15) is 25.7 Å². The van der Waals surface area contributed by atoms with Gasteiger partial charge in [-0.2, -0.15) is 0 Å². The fraction of sp³-hybridized carbons (Fsp3) is 0.300. The van der Waals surface area contributed by atoms with Crippen molar-refractivity contribution in [1.29, 1.82) is 0 Å². The van der Waals surface area contributed by atoms with E-state index in [1.54, 1.807) is 9.44 Å². The van der Waals surface area contributed by atoms with Gasteiger partial charge in [0.25, 0.3) is 20.0 Å². The van der Waals surface area contributed by atoms with Crippen molar-refractivity contribution < 1.29 is 35.2 Å². The molecule has 0 spiro atoms. The summed E-state index contributed by atoms with van der Waals surface area (Å²) in [7, 11) is -8.37. The van der Waals surface area contributed by atoms with Crippen LogP contribution in [0.15, 0.2) is 58.3 Å². The van der Waals surface area contributed by atoms with Crippen LogP contribution in [0.2, 0.25) is 0 Å². The summed E-state index contributed by atoms with van der Waals surface area (Å²) in [6, 6.07) is 6.60. The van der Waals surface area contributed by atoms with Crippen molar-refractivity contribution in [2.24, 2.45) is 0 Å². The van der Waals surface area contributed by atoms with Crippen LogP contribution in [-0.2, 0) is 20.0 Å². The molecule has 2 aromatic rings. The Hall–Kier alpha value is -3.26. The van der Waals surface area contributed by atoms with Crippen LogP contribution in [0, 0.1) is 11.6 Å². The third kappa shape index (κ3) is 8.94. The summed E-state index contributed by atoms with van der Waals surface area (Å²) in [5.74, 6) is -1.49. The Balaban J connectivity index is 1.58. The van der Waals surface area contributed by atoms with E-state index >= 15 is 0 Å². The third-order valence-electron chi connectivity index (χ3n) is 4.34. The minimum atomic E-state index is -4.19. The Morgan fingerprint density at radius 1 is 0.647 bits per heavy atom. The van der Waals surface area contributed by atoms with Crippen molar-refractivity contribution >= 4 is 32.1 Å². The average Bonchev–Trinajstić information content (AvgIpc) is 2.75. The molecule has 4 N–H and O–H groups in total. The summed E-state index contributed by atoms with van der Waals surface area (Å²) in [5, 5.41) is 4.76. The van der Waals surface area contributed by atoms with Crippen molar-refractivity contribution in [2.45, 2.75) is 35.5 Å². The lowest BCUT2D eigenvalue weighted by Gasteiger charge is -2.09. The summed E-state index contributed by atoms with van der Waals surface area (Å²) in [4.78, 5) is 22.7. The van der Waals surface area contributed by atoms with Crippen molar-refractivity contribution in [3.8, 4) is 0 Å². The van der Waals surface area contributed by atoms with Crippen LogP contribution in [0.5, 0.6) is 0 Å². The Morgan fingerprint density at radius 3 is 1.38 bits per heavy atom. The lowest BCUT2D eigenvalue weighted by atomic mass is 10.2. The summed E-state index contributed by atoms with van der Waals surface area (Å²) in [5.41, 5.74) is 0. The smallest absolute Gasteiger partial charge is 0.328 e. The number of rotatable bonds is 11. The van der Waals surface area contributed by atoms with Crippen LogP contribution in [0.3, 0.4) is 0 Å². The molecule has 0 aliphatic carbocycles. The maximum atomic E-state index is 13.2. The fourth-order valence-corrected chi connectivity index (χ4v) is 4.63. The monoisotopic (exact) mass is 518 g/mol. The van der Waals surface area contributed by atoms with Gasteiger partial charge in [0.05, 0.1) is 9.79 Å². The molecule has 2 aromatic carbocycles. The van der Waals surface area contributed by atoms with Gasteiger partial charge in [-0.25, -0.2) is 44.6 Å². The quantitative estimate of drug-likeness (QED) is 0.335. The number of hydrogen-bond acceptors (Lipinski definition) is 6. The van der Waals surface area contributed by atoms with Crippen LogP contribution in [0.25, 0.3) is 0 Å². The van der Waals surface area contributed by atoms with Crippen molar-refractivity contribution in [3.63, 3.8) is 0 Å². The normalized spacial score (nSPS) is 11.5. The largest absolute Gasteiger partial charge is 0.337 e. The molecule has 14 heteroatoms. The second kappa shape index (κ2) is 12.3. The van der Waals surface area contributed by atoms with Gasteiger partial charge in [-0.05, 0) is 49.2 Å². The maximum absolute atomic E-state index is 13.2. The molecule has 0 saturated carbocycles. The molecule has 0 unspecified atom stereocenters. The predicted molar refractivity (Wildman–Crippen MR) is 119 cm³/mol. The zero-order chi connectivity index (χ0) is 25.2. The molecule has 0 aliphatic rings. The Bertz CT molecular complexity index is 1130. The highest BCUT2D eigenvalue weighted by atomic mass is 32.2. The van der Waals surface area contributed by atoms with E-state index in [0.29, 0.717) is 25.7 Å². The second-order valence-corrected chi connectivity index (χ2v) is 10.4. The van der Waals surface area contributed by atoms with Crippen LogP contribution in [0.4, 0.5) is 18.4 Å². The van der Waals surface area contributed by atoms with Gasteiger partial charge < -0.3 is 10.6 Å². The highest BCUT2D eigenvalue weighted by molar-refractivity contribution is 7.90. The molecule has 0 heterocycles. The topological polar surface area (TPSA) is 151 Å². The number of carbonyl (C=O) groups is 2. The molecule has 0 radical (unpaired) electrons. The van der Waals surface area contributed by atoms with Crippen molar-refractivity contribution in [1.82, 2.24) is 20.1 Å². The van der Waals surface area contributed by atoms with Gasteiger partial charge in [0, 0.05) is 13.1 Å². The first-order chi connectivity index (χ1) is 16.0. The molecule has 34 heavy (non-hydrogen) atoms. The number of nitrogens with one attached hydrogen (secondary N) is 4. The molecule has 0 bridgehead atoms. The van der Waals surface area contributed by atoms with Gasteiger partial charge in [0.15, 0.2) is 0 Å². The molecule has 0 fully saturated rings. The van der Waals surface area contributed by atoms with E-state index in [-0.39, 0.29) is 22.9 Å². The number of urea groups is 2. The van der Waals surface area contributed by atoms with Gasteiger partial charge in [-0.3, -0.25) is 0 Å². The summed E-state index contributed by atoms with van der Waals surface area (Å²) < 4.78 is 77.9. The van der Waals surface area contributed by atoms with E-state index in [9.17, 15) is 35.2 Å². The first-order valence-electron chi connectivity index (χ1n) is 10.1. The predicted octanol–water partition coefficient (Wildman–Crippen LogP) is 2.20. The van der Waals surface area contributed by atoms with Gasteiger partial charge in [0.1, 0.15) is 11.6 Å². The fourth-order valence-electron chi connectivity index (χ4n) is 2.71. The van der Waals surface area contributed by atoms with Crippen LogP contribution in [-0.4, -0.2) is 42.0 Å². The molecular formula is C20H24F2N4O6S2. The average molecular weight is 519 g/mol. The van der Waals surface area contributed by atoms with E-state index in [2.05, 4.69) is 10.6 Å². The molecule has 0 saturated heterocycles. The minimum Gasteiger partial charge on any atom is -0.337 e. The van der Waals surface area contributed by atoms with Crippen molar-refractivity contribution in [2.75, 3.05) is 13.1 Å². The van der Waals surface area contributed by atoms with Gasteiger partial charge >= 0.3 is 12.1 Å². The number of benzene rings is 2. The maximum Gasteiger partial charge on any atom is 0.328 e. The molecule has 4 amide bonds. The van der Waals surface area contributed by atoms with Gasteiger partial charge in [-0.15, -0.1) is 0 Å². The Labute approximate surface area is 196 Å². The highest BCUT2D eigenvalue weighted by Gasteiger charge is 2.18. The molecule has 0 atom stereocenters. The van der Waals surface area contributed by atoms with E-state index in [1.807, 2.05) is 0 Å². The lowest BCUT2D eigenvalue weighted by molar-refractivity contribution is 0.244. The molecule has 2 rings (SSSR count). The van der Waals surface area contributed by atoms with Crippen LogP contribution >= 0.6 is 0 Å². The number of unbranched alkanes of at least 4 members (excludes halogenated alkanes) is 3. The molecule has 186 valence electrons. The SMILES string of the molecule is O=C(NCCCCCCNC(=O)NS(=O)(=O)c1cccc(F)c1)NS(=O)(=O)c1cccc(F)c1. The first kappa shape index (κ1) is 27.0. The molecular weight excluding hydrogens is 494 g/mol.